The zero-order valence-electron chi connectivity index (χ0n) is 14.3. The quantitative estimate of drug-likeness (QED) is 0.525. The maximum absolute atomic E-state index is 13.1. The third-order valence-corrected chi connectivity index (χ3v) is 4.73. The van der Waals surface area contributed by atoms with E-state index in [2.05, 4.69) is 0 Å². The molecule has 0 fully saturated rings. The lowest BCUT2D eigenvalue weighted by Gasteiger charge is -2.29. The van der Waals surface area contributed by atoms with Crippen molar-refractivity contribution in [2.75, 3.05) is 11.4 Å². The summed E-state index contributed by atoms with van der Waals surface area (Å²) in [6, 6.07) is 14.1. The molecular formula is C21H17NO4. The second-order valence-corrected chi connectivity index (χ2v) is 6.45. The van der Waals surface area contributed by atoms with E-state index in [1.165, 1.54) is 6.92 Å². The fourth-order valence-electron chi connectivity index (χ4n) is 3.36. The highest BCUT2D eigenvalue weighted by Gasteiger charge is 2.26. The van der Waals surface area contributed by atoms with Crippen LogP contribution in [0.1, 0.15) is 39.6 Å². The zero-order chi connectivity index (χ0) is 18.3. The van der Waals surface area contributed by atoms with E-state index in [1.54, 1.807) is 41.3 Å². The highest BCUT2D eigenvalue weighted by molar-refractivity contribution is 6.08. The van der Waals surface area contributed by atoms with Crippen molar-refractivity contribution >= 4 is 28.3 Å². The van der Waals surface area contributed by atoms with Gasteiger partial charge in [-0.25, -0.2) is 4.79 Å². The SMILES string of the molecule is CC(=O)c1ccc2c(c1)N(C(=O)c1cc3ccccc3oc1=O)CCC2. The number of amides is 1. The first-order chi connectivity index (χ1) is 12.5. The van der Waals surface area contributed by atoms with Crippen molar-refractivity contribution in [3.8, 4) is 0 Å². The Morgan fingerprint density at radius 3 is 2.69 bits per heavy atom. The number of anilines is 1. The lowest BCUT2D eigenvalue weighted by Crippen LogP contribution is -2.38. The van der Waals surface area contributed by atoms with Crippen molar-refractivity contribution in [3.05, 3.63) is 75.6 Å². The summed E-state index contributed by atoms with van der Waals surface area (Å²) >= 11 is 0. The molecule has 1 aliphatic heterocycles. The van der Waals surface area contributed by atoms with Crippen LogP contribution in [0.5, 0.6) is 0 Å². The van der Waals surface area contributed by atoms with Crippen molar-refractivity contribution in [2.24, 2.45) is 0 Å². The van der Waals surface area contributed by atoms with Crippen molar-refractivity contribution in [2.45, 2.75) is 19.8 Å². The van der Waals surface area contributed by atoms with E-state index in [4.69, 9.17) is 4.42 Å². The molecule has 0 unspecified atom stereocenters. The number of hydrogen-bond acceptors (Lipinski definition) is 4. The normalized spacial score (nSPS) is 13.5. The molecule has 0 bridgehead atoms. The van der Waals surface area contributed by atoms with E-state index in [1.807, 2.05) is 12.1 Å². The Labute approximate surface area is 149 Å². The van der Waals surface area contributed by atoms with E-state index in [0.717, 1.165) is 18.4 Å². The van der Waals surface area contributed by atoms with Crippen LogP contribution in [0.3, 0.4) is 0 Å². The van der Waals surface area contributed by atoms with Crippen LogP contribution in [0.25, 0.3) is 11.0 Å². The number of rotatable bonds is 2. The fourth-order valence-corrected chi connectivity index (χ4v) is 3.36. The van der Waals surface area contributed by atoms with Crippen LogP contribution in [0.15, 0.2) is 57.7 Å². The molecular weight excluding hydrogens is 330 g/mol. The van der Waals surface area contributed by atoms with Crippen molar-refractivity contribution in [1.82, 2.24) is 0 Å². The molecule has 0 radical (unpaired) electrons. The first-order valence-corrected chi connectivity index (χ1v) is 8.53. The van der Waals surface area contributed by atoms with Crippen LogP contribution in [0.2, 0.25) is 0 Å². The molecule has 5 nitrogen and oxygen atoms in total. The largest absolute Gasteiger partial charge is 0.422 e. The Morgan fingerprint density at radius 2 is 1.88 bits per heavy atom. The lowest BCUT2D eigenvalue weighted by molar-refractivity contribution is 0.0978. The van der Waals surface area contributed by atoms with Crippen LogP contribution in [0.4, 0.5) is 5.69 Å². The van der Waals surface area contributed by atoms with Gasteiger partial charge in [0.25, 0.3) is 5.91 Å². The third-order valence-electron chi connectivity index (χ3n) is 4.73. The van der Waals surface area contributed by atoms with Crippen LogP contribution in [-0.2, 0) is 6.42 Å². The summed E-state index contributed by atoms with van der Waals surface area (Å²) in [6.45, 7) is 1.99. The number of aryl methyl sites for hydroxylation is 1. The first kappa shape index (κ1) is 16.3. The number of para-hydroxylation sites is 1. The standard InChI is InChI=1S/C21H17NO4/c1-13(23)15-9-8-14-6-4-10-22(18(14)12-15)20(24)17-11-16-5-2-3-7-19(16)26-21(17)25/h2-3,5,7-9,11-12H,4,6,10H2,1H3. The van der Waals surface area contributed by atoms with Crippen LogP contribution in [-0.4, -0.2) is 18.2 Å². The predicted molar refractivity (Wildman–Crippen MR) is 98.9 cm³/mol. The number of benzene rings is 2. The third kappa shape index (κ3) is 2.71. The van der Waals surface area contributed by atoms with E-state index in [-0.39, 0.29) is 11.3 Å². The Hall–Kier alpha value is -3.21. The van der Waals surface area contributed by atoms with E-state index in [9.17, 15) is 14.4 Å². The van der Waals surface area contributed by atoms with Crippen LogP contribution < -0.4 is 10.5 Å². The average molecular weight is 347 g/mol. The van der Waals surface area contributed by atoms with Gasteiger partial charge in [0.1, 0.15) is 11.1 Å². The van der Waals surface area contributed by atoms with Gasteiger partial charge in [-0.05, 0) is 43.5 Å². The minimum atomic E-state index is -0.649. The molecule has 0 atom stereocenters. The number of hydrogen-bond donors (Lipinski definition) is 0. The summed E-state index contributed by atoms with van der Waals surface area (Å²) in [4.78, 5) is 38.7. The topological polar surface area (TPSA) is 67.6 Å². The summed E-state index contributed by atoms with van der Waals surface area (Å²) in [6.07, 6.45) is 1.64. The smallest absolute Gasteiger partial charge is 0.349 e. The van der Waals surface area contributed by atoms with Gasteiger partial charge in [-0.1, -0.05) is 30.3 Å². The van der Waals surface area contributed by atoms with Gasteiger partial charge in [-0.15, -0.1) is 0 Å². The Balaban J connectivity index is 1.81. The second-order valence-electron chi connectivity index (χ2n) is 6.45. The lowest BCUT2D eigenvalue weighted by atomic mass is 9.97. The van der Waals surface area contributed by atoms with Gasteiger partial charge in [-0.3, -0.25) is 9.59 Å². The number of Topliss-reactive ketones (excluding diaryl/α,β-unsaturated/α-hetero) is 1. The maximum atomic E-state index is 13.1. The monoisotopic (exact) mass is 347 g/mol. The number of ketones is 1. The fraction of sp³-hybridized carbons (Fsp3) is 0.190. The molecule has 0 aliphatic carbocycles. The minimum absolute atomic E-state index is 0.00442. The Morgan fingerprint density at radius 1 is 1.08 bits per heavy atom. The zero-order valence-corrected chi connectivity index (χ0v) is 14.3. The highest BCUT2D eigenvalue weighted by Crippen LogP contribution is 2.29. The Bertz CT molecular complexity index is 1100. The molecule has 5 heteroatoms. The molecule has 0 N–H and O–H groups in total. The molecule has 1 aromatic heterocycles. The summed E-state index contributed by atoms with van der Waals surface area (Å²) in [5.41, 5.74) is 2.05. The Kier molecular flexibility index (Phi) is 3.92. The van der Waals surface area contributed by atoms with Crippen molar-refractivity contribution in [3.63, 3.8) is 0 Å². The van der Waals surface area contributed by atoms with Gasteiger partial charge in [0, 0.05) is 23.2 Å². The second kappa shape index (κ2) is 6.26. The van der Waals surface area contributed by atoms with Crippen LogP contribution in [0, 0.1) is 0 Å². The van der Waals surface area contributed by atoms with Gasteiger partial charge in [0.15, 0.2) is 5.78 Å². The molecule has 1 aliphatic rings. The molecule has 26 heavy (non-hydrogen) atoms. The molecule has 0 spiro atoms. The summed E-state index contributed by atoms with van der Waals surface area (Å²) in [5, 5.41) is 0.699. The number of nitrogens with zero attached hydrogens (tertiary/aromatic N) is 1. The molecule has 1 amide bonds. The minimum Gasteiger partial charge on any atom is -0.422 e. The van der Waals surface area contributed by atoms with Crippen LogP contribution >= 0.6 is 0 Å². The summed E-state index contributed by atoms with van der Waals surface area (Å²) in [7, 11) is 0. The van der Waals surface area contributed by atoms with Gasteiger partial charge < -0.3 is 9.32 Å². The molecule has 0 saturated heterocycles. The molecule has 2 heterocycles. The number of carbonyl (C=O) groups is 2. The molecule has 3 aromatic rings. The molecule has 130 valence electrons. The number of carbonyl (C=O) groups excluding carboxylic acids is 2. The molecule has 0 saturated carbocycles. The van der Waals surface area contributed by atoms with Gasteiger partial charge in [0.05, 0.1) is 0 Å². The first-order valence-electron chi connectivity index (χ1n) is 8.53. The van der Waals surface area contributed by atoms with E-state index < -0.39 is 11.5 Å². The van der Waals surface area contributed by atoms with Crippen molar-refractivity contribution < 1.29 is 14.0 Å². The van der Waals surface area contributed by atoms with Gasteiger partial charge in [-0.2, -0.15) is 0 Å². The highest BCUT2D eigenvalue weighted by atomic mass is 16.4. The predicted octanol–water partition coefficient (Wildman–Crippen LogP) is 3.59. The average Bonchev–Trinajstić information content (AvgIpc) is 2.66. The number of fused-ring (bicyclic) bond motifs is 2. The van der Waals surface area contributed by atoms with Gasteiger partial charge >= 0.3 is 5.63 Å². The van der Waals surface area contributed by atoms with Gasteiger partial charge in [0.2, 0.25) is 0 Å². The summed E-state index contributed by atoms with van der Waals surface area (Å²) in [5.74, 6) is -0.456. The molecule has 2 aromatic carbocycles. The van der Waals surface area contributed by atoms with E-state index in [0.29, 0.717) is 28.8 Å². The maximum Gasteiger partial charge on any atom is 0.349 e. The summed E-state index contributed by atoms with van der Waals surface area (Å²) < 4.78 is 5.30. The van der Waals surface area contributed by atoms with E-state index >= 15 is 0 Å². The molecule has 4 rings (SSSR count). The van der Waals surface area contributed by atoms with Crippen molar-refractivity contribution in [1.29, 1.82) is 0 Å².